The van der Waals surface area contributed by atoms with Crippen LogP contribution in [-0.2, 0) is 11.0 Å². The monoisotopic (exact) mass is 303 g/mol. The standard InChI is InChI=1S/C14H20F3N3O/c1-8(2)7-18-13(21)9(3)20-11(10-4-5-10)6-12(19-20)14(15,16)17/h6,8-10H,4-5,7H2,1-3H3,(H,18,21). The van der Waals surface area contributed by atoms with Crippen molar-refractivity contribution in [2.24, 2.45) is 5.92 Å². The molecular formula is C14H20F3N3O. The fourth-order valence-corrected chi connectivity index (χ4v) is 2.11. The Morgan fingerprint density at radius 3 is 2.52 bits per heavy atom. The molecule has 21 heavy (non-hydrogen) atoms. The van der Waals surface area contributed by atoms with Gasteiger partial charge in [0, 0.05) is 18.2 Å². The largest absolute Gasteiger partial charge is 0.435 e. The predicted molar refractivity (Wildman–Crippen MR) is 71.8 cm³/mol. The zero-order valence-electron chi connectivity index (χ0n) is 12.4. The predicted octanol–water partition coefficient (Wildman–Crippen LogP) is 3.11. The molecule has 0 spiro atoms. The van der Waals surface area contributed by atoms with E-state index in [2.05, 4.69) is 10.4 Å². The lowest BCUT2D eigenvalue weighted by atomic mass is 10.2. The molecule has 1 fully saturated rings. The van der Waals surface area contributed by atoms with Gasteiger partial charge < -0.3 is 5.32 Å². The van der Waals surface area contributed by atoms with Crippen LogP contribution >= 0.6 is 0 Å². The van der Waals surface area contributed by atoms with Gasteiger partial charge in [0.25, 0.3) is 0 Å². The number of rotatable bonds is 5. The van der Waals surface area contributed by atoms with Gasteiger partial charge >= 0.3 is 6.18 Å². The highest BCUT2D eigenvalue weighted by atomic mass is 19.4. The van der Waals surface area contributed by atoms with Gasteiger partial charge in [-0.05, 0) is 31.7 Å². The second-order valence-electron chi connectivity index (χ2n) is 5.99. The van der Waals surface area contributed by atoms with E-state index < -0.39 is 17.9 Å². The third-order valence-electron chi connectivity index (χ3n) is 3.48. The third kappa shape index (κ3) is 3.77. The zero-order chi connectivity index (χ0) is 15.8. The van der Waals surface area contributed by atoms with Crippen LogP contribution in [0.2, 0.25) is 0 Å². The molecule has 7 heteroatoms. The summed E-state index contributed by atoms with van der Waals surface area (Å²) in [5.41, 5.74) is -0.414. The summed E-state index contributed by atoms with van der Waals surface area (Å²) in [6.07, 6.45) is -2.78. The number of carbonyl (C=O) groups is 1. The second kappa shape index (κ2) is 5.69. The smallest absolute Gasteiger partial charge is 0.354 e. The number of amides is 1. The second-order valence-corrected chi connectivity index (χ2v) is 5.99. The minimum atomic E-state index is -4.48. The van der Waals surface area contributed by atoms with Crippen LogP contribution in [-0.4, -0.2) is 22.2 Å². The van der Waals surface area contributed by atoms with Crippen LogP contribution in [0, 0.1) is 5.92 Å². The van der Waals surface area contributed by atoms with Gasteiger partial charge in [-0.15, -0.1) is 0 Å². The topological polar surface area (TPSA) is 46.9 Å². The summed E-state index contributed by atoms with van der Waals surface area (Å²) in [7, 11) is 0. The van der Waals surface area contributed by atoms with Gasteiger partial charge in [0.15, 0.2) is 5.69 Å². The number of alkyl halides is 3. The Morgan fingerprint density at radius 2 is 2.05 bits per heavy atom. The molecule has 0 aliphatic heterocycles. The Hall–Kier alpha value is -1.53. The van der Waals surface area contributed by atoms with Gasteiger partial charge in [-0.2, -0.15) is 18.3 Å². The maximum atomic E-state index is 12.8. The van der Waals surface area contributed by atoms with Crippen LogP contribution in [0.15, 0.2) is 6.07 Å². The van der Waals surface area contributed by atoms with Crippen molar-refractivity contribution in [3.05, 3.63) is 17.5 Å². The van der Waals surface area contributed by atoms with Crippen molar-refractivity contribution < 1.29 is 18.0 Å². The van der Waals surface area contributed by atoms with Gasteiger partial charge in [0.2, 0.25) is 5.91 Å². The highest BCUT2D eigenvalue weighted by Crippen LogP contribution is 2.42. The lowest BCUT2D eigenvalue weighted by molar-refractivity contribution is -0.142. The van der Waals surface area contributed by atoms with Gasteiger partial charge in [0.1, 0.15) is 6.04 Å². The van der Waals surface area contributed by atoms with E-state index in [1.165, 1.54) is 4.68 Å². The van der Waals surface area contributed by atoms with Crippen molar-refractivity contribution in [2.45, 2.75) is 51.7 Å². The van der Waals surface area contributed by atoms with Crippen LogP contribution in [0.25, 0.3) is 0 Å². The Morgan fingerprint density at radius 1 is 1.43 bits per heavy atom. The first kappa shape index (κ1) is 15.9. The Balaban J connectivity index is 2.21. The molecule has 0 bridgehead atoms. The number of hydrogen-bond acceptors (Lipinski definition) is 2. The van der Waals surface area contributed by atoms with E-state index in [1.807, 2.05) is 13.8 Å². The van der Waals surface area contributed by atoms with E-state index in [1.54, 1.807) is 6.92 Å². The molecule has 1 N–H and O–H groups in total. The summed E-state index contributed by atoms with van der Waals surface area (Å²) in [5, 5.41) is 6.36. The van der Waals surface area contributed by atoms with Crippen LogP contribution in [0.5, 0.6) is 0 Å². The van der Waals surface area contributed by atoms with Crippen LogP contribution < -0.4 is 5.32 Å². The summed E-state index contributed by atoms with van der Waals surface area (Å²) in [6.45, 7) is 5.98. The van der Waals surface area contributed by atoms with Crippen molar-refractivity contribution in [1.29, 1.82) is 0 Å². The van der Waals surface area contributed by atoms with Crippen LogP contribution in [0.4, 0.5) is 13.2 Å². The summed E-state index contributed by atoms with van der Waals surface area (Å²) in [6, 6.07) is 0.333. The molecule has 1 atom stereocenters. The summed E-state index contributed by atoms with van der Waals surface area (Å²) in [4.78, 5) is 12.0. The molecule has 1 saturated carbocycles. The number of carbonyl (C=O) groups excluding carboxylic acids is 1. The minimum absolute atomic E-state index is 0.0916. The average Bonchev–Trinajstić information content (AvgIpc) is 3.12. The Kier molecular flexibility index (Phi) is 4.30. The molecule has 4 nitrogen and oxygen atoms in total. The molecule has 1 aromatic rings. The summed E-state index contributed by atoms with van der Waals surface area (Å²) >= 11 is 0. The lowest BCUT2D eigenvalue weighted by Gasteiger charge is -2.16. The maximum absolute atomic E-state index is 12.8. The molecule has 1 aromatic heterocycles. The molecule has 1 aliphatic carbocycles. The van der Waals surface area contributed by atoms with E-state index in [0.29, 0.717) is 12.2 Å². The highest BCUT2D eigenvalue weighted by Gasteiger charge is 2.39. The average molecular weight is 303 g/mol. The number of hydrogen-bond donors (Lipinski definition) is 1. The fourth-order valence-electron chi connectivity index (χ4n) is 2.11. The molecule has 1 heterocycles. The number of halogens is 3. The third-order valence-corrected chi connectivity index (χ3v) is 3.48. The first-order valence-electron chi connectivity index (χ1n) is 7.14. The number of aromatic nitrogens is 2. The lowest BCUT2D eigenvalue weighted by Crippen LogP contribution is -2.34. The molecule has 1 amide bonds. The van der Waals surface area contributed by atoms with Gasteiger partial charge in [-0.25, -0.2) is 0 Å². The zero-order valence-corrected chi connectivity index (χ0v) is 12.4. The molecule has 1 aliphatic rings. The van der Waals surface area contributed by atoms with Crippen molar-refractivity contribution in [2.75, 3.05) is 6.54 Å². The number of nitrogens with one attached hydrogen (secondary N) is 1. The maximum Gasteiger partial charge on any atom is 0.435 e. The van der Waals surface area contributed by atoms with Gasteiger partial charge in [0.05, 0.1) is 0 Å². The van der Waals surface area contributed by atoms with E-state index in [4.69, 9.17) is 0 Å². The van der Waals surface area contributed by atoms with Gasteiger partial charge in [-0.3, -0.25) is 9.48 Å². The van der Waals surface area contributed by atoms with Crippen LogP contribution in [0.1, 0.15) is 57.0 Å². The van der Waals surface area contributed by atoms with Crippen molar-refractivity contribution in [3.8, 4) is 0 Å². The van der Waals surface area contributed by atoms with E-state index in [9.17, 15) is 18.0 Å². The first-order chi connectivity index (χ1) is 9.70. The van der Waals surface area contributed by atoms with Crippen molar-refractivity contribution >= 4 is 5.91 Å². The van der Waals surface area contributed by atoms with Crippen molar-refractivity contribution in [3.63, 3.8) is 0 Å². The van der Waals surface area contributed by atoms with Crippen LogP contribution in [0.3, 0.4) is 0 Å². The summed E-state index contributed by atoms with van der Waals surface area (Å²) in [5.74, 6) is 0.0729. The Bertz CT molecular complexity index is 518. The first-order valence-corrected chi connectivity index (χ1v) is 7.14. The van der Waals surface area contributed by atoms with Gasteiger partial charge in [-0.1, -0.05) is 13.8 Å². The molecule has 2 rings (SSSR count). The normalized spacial score (nSPS) is 17.1. The van der Waals surface area contributed by atoms with E-state index in [-0.39, 0.29) is 17.7 Å². The Labute approximate surface area is 121 Å². The fraction of sp³-hybridized carbons (Fsp3) is 0.714. The minimum Gasteiger partial charge on any atom is -0.354 e. The molecular weight excluding hydrogens is 283 g/mol. The quantitative estimate of drug-likeness (QED) is 0.908. The number of nitrogens with zero attached hydrogens (tertiary/aromatic N) is 2. The molecule has 0 saturated heterocycles. The molecule has 118 valence electrons. The SMILES string of the molecule is CC(C)CNC(=O)C(C)n1nc(C(F)(F)F)cc1C1CC1. The molecule has 0 aromatic carbocycles. The highest BCUT2D eigenvalue weighted by molar-refractivity contribution is 5.79. The van der Waals surface area contributed by atoms with E-state index in [0.717, 1.165) is 18.9 Å². The molecule has 1 unspecified atom stereocenters. The molecule has 0 radical (unpaired) electrons. The van der Waals surface area contributed by atoms with E-state index >= 15 is 0 Å². The summed E-state index contributed by atoms with van der Waals surface area (Å²) < 4.78 is 39.7. The van der Waals surface area contributed by atoms with Crippen molar-refractivity contribution in [1.82, 2.24) is 15.1 Å².